The third kappa shape index (κ3) is 2.30. The van der Waals surface area contributed by atoms with Crippen LogP contribution in [0.15, 0.2) is 6.07 Å². The lowest BCUT2D eigenvalue weighted by molar-refractivity contribution is 0.0981. The largest absolute Gasteiger partial charge is 0.330 e. The van der Waals surface area contributed by atoms with Crippen LogP contribution in [-0.4, -0.2) is 12.3 Å². The van der Waals surface area contributed by atoms with Crippen molar-refractivity contribution in [2.75, 3.05) is 6.54 Å². The van der Waals surface area contributed by atoms with Crippen molar-refractivity contribution in [1.82, 2.24) is 0 Å². The second-order valence-electron chi connectivity index (χ2n) is 2.81. The van der Waals surface area contributed by atoms with Crippen LogP contribution >= 0.6 is 11.6 Å². The minimum atomic E-state index is -1.50. The van der Waals surface area contributed by atoms with Crippen molar-refractivity contribution in [1.29, 1.82) is 0 Å². The minimum Gasteiger partial charge on any atom is -0.330 e. The van der Waals surface area contributed by atoms with Crippen molar-refractivity contribution in [3.05, 3.63) is 34.1 Å². The van der Waals surface area contributed by atoms with Crippen molar-refractivity contribution >= 4 is 17.4 Å². The van der Waals surface area contributed by atoms with Crippen LogP contribution in [0.25, 0.3) is 0 Å². The molecular weight excluding hydrogens is 231 g/mol. The lowest BCUT2D eigenvalue weighted by Crippen LogP contribution is -2.11. The summed E-state index contributed by atoms with van der Waals surface area (Å²) >= 11 is 5.16. The second-order valence-corrected chi connectivity index (χ2v) is 3.19. The van der Waals surface area contributed by atoms with Crippen LogP contribution in [0.1, 0.15) is 16.8 Å². The molecule has 0 aliphatic carbocycles. The van der Waals surface area contributed by atoms with Gasteiger partial charge in [0.15, 0.2) is 23.2 Å². The number of benzene rings is 1. The van der Waals surface area contributed by atoms with Gasteiger partial charge in [-0.3, -0.25) is 4.79 Å². The molecule has 0 heterocycles. The Kier molecular flexibility index (Phi) is 3.71. The van der Waals surface area contributed by atoms with Crippen LogP contribution in [0.3, 0.4) is 0 Å². The Balaban J connectivity index is 3.26. The van der Waals surface area contributed by atoms with Gasteiger partial charge in [-0.1, -0.05) is 11.6 Å². The molecule has 2 nitrogen and oxygen atoms in total. The molecule has 0 saturated carbocycles. The maximum Gasteiger partial charge on any atom is 0.180 e. The molecule has 0 radical (unpaired) electrons. The van der Waals surface area contributed by atoms with Crippen molar-refractivity contribution in [2.24, 2.45) is 5.73 Å². The highest BCUT2D eigenvalue weighted by Crippen LogP contribution is 2.25. The Bertz CT molecular complexity index is 409. The molecule has 82 valence electrons. The number of hydrogen-bond donors (Lipinski definition) is 1. The SMILES string of the molecule is NCCC(=O)c1cc(F)c(F)c(Cl)c1F. The fourth-order valence-electron chi connectivity index (χ4n) is 1.04. The number of hydrogen-bond acceptors (Lipinski definition) is 2. The van der Waals surface area contributed by atoms with Gasteiger partial charge in [0.2, 0.25) is 0 Å². The topological polar surface area (TPSA) is 43.1 Å². The average Bonchev–Trinajstić information content (AvgIpc) is 2.20. The van der Waals surface area contributed by atoms with E-state index in [1.165, 1.54) is 0 Å². The highest BCUT2D eigenvalue weighted by atomic mass is 35.5. The van der Waals surface area contributed by atoms with E-state index in [0.29, 0.717) is 6.07 Å². The first kappa shape index (κ1) is 12.0. The molecule has 0 amide bonds. The normalized spacial score (nSPS) is 10.5. The van der Waals surface area contributed by atoms with E-state index in [-0.39, 0.29) is 13.0 Å². The van der Waals surface area contributed by atoms with E-state index in [1.54, 1.807) is 0 Å². The summed E-state index contributed by atoms with van der Waals surface area (Å²) in [6.07, 6.45) is -0.154. The molecule has 0 bridgehead atoms. The number of carbonyl (C=O) groups is 1. The molecule has 0 atom stereocenters. The zero-order valence-corrected chi connectivity index (χ0v) is 8.24. The van der Waals surface area contributed by atoms with Gasteiger partial charge in [-0.25, -0.2) is 13.2 Å². The average molecular weight is 238 g/mol. The molecule has 0 unspecified atom stereocenters. The van der Waals surface area contributed by atoms with Crippen molar-refractivity contribution in [2.45, 2.75) is 6.42 Å². The number of ketones is 1. The Hall–Kier alpha value is -1.07. The highest BCUT2D eigenvalue weighted by Gasteiger charge is 2.20. The molecule has 0 aliphatic rings. The fraction of sp³-hybridized carbons (Fsp3) is 0.222. The van der Waals surface area contributed by atoms with E-state index >= 15 is 0 Å². The number of nitrogens with two attached hydrogens (primary N) is 1. The molecule has 1 aromatic rings. The Morgan fingerprint density at radius 3 is 2.47 bits per heavy atom. The van der Waals surface area contributed by atoms with Crippen LogP contribution in [0, 0.1) is 17.5 Å². The number of halogens is 4. The summed E-state index contributed by atoms with van der Waals surface area (Å²) in [5.41, 5.74) is 4.50. The van der Waals surface area contributed by atoms with Crippen LogP contribution in [0.4, 0.5) is 13.2 Å². The van der Waals surface area contributed by atoms with E-state index in [4.69, 9.17) is 17.3 Å². The molecule has 0 fully saturated rings. The van der Waals surface area contributed by atoms with Gasteiger partial charge < -0.3 is 5.73 Å². The maximum atomic E-state index is 13.2. The van der Waals surface area contributed by atoms with Crippen LogP contribution in [0.5, 0.6) is 0 Å². The van der Waals surface area contributed by atoms with Gasteiger partial charge in [0.05, 0.1) is 5.56 Å². The summed E-state index contributed by atoms with van der Waals surface area (Å²) in [6, 6.07) is 0.481. The number of Topliss-reactive ketones (excluding diaryl/α,β-unsaturated/α-hetero) is 1. The zero-order valence-electron chi connectivity index (χ0n) is 7.49. The van der Waals surface area contributed by atoms with E-state index < -0.39 is 33.8 Å². The highest BCUT2D eigenvalue weighted by molar-refractivity contribution is 6.31. The van der Waals surface area contributed by atoms with Crippen molar-refractivity contribution in [3.63, 3.8) is 0 Å². The number of carbonyl (C=O) groups excluding carboxylic acids is 1. The standard InChI is InChI=1S/C9H7ClF3NO/c10-7-8(12)4(6(15)1-2-14)3-5(11)9(7)13/h3H,1-2,14H2. The summed E-state index contributed by atoms with van der Waals surface area (Å²) in [5, 5.41) is -1.02. The van der Waals surface area contributed by atoms with E-state index in [1.807, 2.05) is 0 Å². The number of rotatable bonds is 3. The third-order valence-corrected chi connectivity index (χ3v) is 2.11. The van der Waals surface area contributed by atoms with Crippen LogP contribution in [-0.2, 0) is 0 Å². The summed E-state index contributed by atoms with van der Waals surface area (Å²) in [6.45, 7) is -0.00507. The van der Waals surface area contributed by atoms with Crippen molar-refractivity contribution < 1.29 is 18.0 Å². The van der Waals surface area contributed by atoms with Gasteiger partial charge in [0.25, 0.3) is 0 Å². The quantitative estimate of drug-likeness (QED) is 0.498. The van der Waals surface area contributed by atoms with Crippen molar-refractivity contribution in [3.8, 4) is 0 Å². The minimum absolute atomic E-state index is 0.00507. The van der Waals surface area contributed by atoms with E-state index in [2.05, 4.69) is 0 Å². The second kappa shape index (κ2) is 4.63. The first-order chi connectivity index (χ1) is 6.99. The molecule has 0 spiro atoms. The molecule has 0 aliphatic heterocycles. The zero-order chi connectivity index (χ0) is 11.6. The van der Waals surface area contributed by atoms with Gasteiger partial charge in [-0.15, -0.1) is 0 Å². The van der Waals surface area contributed by atoms with E-state index in [9.17, 15) is 18.0 Å². The Morgan fingerprint density at radius 2 is 1.93 bits per heavy atom. The maximum absolute atomic E-state index is 13.2. The van der Waals surface area contributed by atoms with E-state index in [0.717, 1.165) is 0 Å². The summed E-state index contributed by atoms with van der Waals surface area (Å²) in [4.78, 5) is 11.2. The summed E-state index contributed by atoms with van der Waals surface area (Å²) in [5.74, 6) is -4.83. The Morgan fingerprint density at radius 1 is 1.33 bits per heavy atom. The summed E-state index contributed by atoms with van der Waals surface area (Å²) in [7, 11) is 0. The lowest BCUT2D eigenvalue weighted by Gasteiger charge is -2.04. The molecule has 1 rings (SSSR count). The van der Waals surface area contributed by atoms with Gasteiger partial charge in [-0.2, -0.15) is 0 Å². The molecule has 6 heteroatoms. The molecule has 15 heavy (non-hydrogen) atoms. The van der Waals surface area contributed by atoms with Gasteiger partial charge in [-0.05, 0) is 12.6 Å². The molecule has 0 saturated heterocycles. The predicted octanol–water partition coefficient (Wildman–Crippen LogP) is 2.29. The third-order valence-electron chi connectivity index (χ3n) is 1.77. The first-order valence-electron chi connectivity index (χ1n) is 4.05. The van der Waals surface area contributed by atoms with Gasteiger partial charge in [0.1, 0.15) is 5.02 Å². The first-order valence-corrected chi connectivity index (χ1v) is 4.43. The fourth-order valence-corrected chi connectivity index (χ4v) is 1.23. The molecule has 0 aromatic heterocycles. The van der Waals surface area contributed by atoms with Crippen LogP contribution < -0.4 is 5.73 Å². The summed E-state index contributed by atoms with van der Waals surface area (Å²) < 4.78 is 38.8. The van der Waals surface area contributed by atoms with Gasteiger partial charge >= 0.3 is 0 Å². The monoisotopic (exact) mass is 237 g/mol. The molecular formula is C9H7ClF3NO. The Labute approximate surface area is 88.8 Å². The van der Waals surface area contributed by atoms with Gasteiger partial charge in [0, 0.05) is 6.42 Å². The predicted molar refractivity (Wildman–Crippen MR) is 49.3 cm³/mol. The van der Waals surface area contributed by atoms with Crippen LogP contribution in [0.2, 0.25) is 5.02 Å². The smallest absolute Gasteiger partial charge is 0.180 e. The molecule has 1 aromatic carbocycles. The lowest BCUT2D eigenvalue weighted by atomic mass is 10.1. The molecule has 2 N–H and O–H groups in total.